The van der Waals surface area contributed by atoms with E-state index in [0.29, 0.717) is 0 Å². The van der Waals surface area contributed by atoms with Crippen molar-refractivity contribution in [3.63, 3.8) is 0 Å². The van der Waals surface area contributed by atoms with Crippen molar-refractivity contribution in [3.05, 3.63) is 121 Å². The number of hydrogen-bond acceptors (Lipinski definition) is 4. The standard InChI is InChI=1S/2C12H11N3.Zr/c2*1-3-7-11(8-4-1)13-15-14-12-9-5-2-6-10-12;/h2*1-10H,(H,13,14);. The number of rotatable bonds is 6. The SMILES string of the molecule is [Zr].c1ccc(N=NNc2ccccc2)cc1.c1ccc(N=NNc2ccccc2)cc1. The maximum Gasteiger partial charge on any atom is 0.0874 e. The molecule has 0 unspecified atom stereocenters. The molecule has 4 rings (SSSR count). The molecular weight excluding hydrogens is 464 g/mol. The van der Waals surface area contributed by atoms with Gasteiger partial charge in [0.2, 0.25) is 0 Å². The third-order valence-electron chi connectivity index (χ3n) is 3.75. The van der Waals surface area contributed by atoms with E-state index >= 15 is 0 Å². The molecule has 152 valence electrons. The van der Waals surface area contributed by atoms with Crippen LogP contribution in [0, 0.1) is 0 Å². The van der Waals surface area contributed by atoms with Crippen molar-refractivity contribution in [2.75, 3.05) is 10.9 Å². The van der Waals surface area contributed by atoms with E-state index in [4.69, 9.17) is 0 Å². The molecule has 2 N–H and O–H groups in total. The molecule has 0 amide bonds. The molecule has 4 aromatic carbocycles. The van der Waals surface area contributed by atoms with Crippen LogP contribution < -0.4 is 10.9 Å². The van der Waals surface area contributed by atoms with Crippen LogP contribution in [0.25, 0.3) is 0 Å². The Hall–Kier alpha value is -3.44. The van der Waals surface area contributed by atoms with Crippen molar-refractivity contribution in [2.24, 2.45) is 20.7 Å². The molecule has 0 fully saturated rings. The summed E-state index contributed by atoms with van der Waals surface area (Å²) < 4.78 is 0. The van der Waals surface area contributed by atoms with Crippen LogP contribution in [0.4, 0.5) is 22.7 Å². The molecular formula is C24H22N6Zr. The van der Waals surface area contributed by atoms with Crippen LogP contribution in [0.3, 0.4) is 0 Å². The van der Waals surface area contributed by atoms with Gasteiger partial charge in [0.15, 0.2) is 0 Å². The molecule has 0 atom stereocenters. The summed E-state index contributed by atoms with van der Waals surface area (Å²) >= 11 is 0. The predicted octanol–water partition coefficient (Wildman–Crippen LogP) is 7.59. The summed E-state index contributed by atoms with van der Waals surface area (Å²) in [6.45, 7) is 0. The second-order valence-corrected chi connectivity index (χ2v) is 6.03. The van der Waals surface area contributed by atoms with Crippen LogP contribution in [-0.4, -0.2) is 0 Å². The first-order chi connectivity index (χ1) is 14.9. The Morgan fingerprint density at radius 1 is 0.387 bits per heavy atom. The molecule has 0 aromatic heterocycles. The molecule has 0 radical (unpaired) electrons. The zero-order chi connectivity index (χ0) is 20.7. The van der Waals surface area contributed by atoms with Crippen LogP contribution in [0.15, 0.2) is 142 Å². The molecule has 0 aliphatic heterocycles. The summed E-state index contributed by atoms with van der Waals surface area (Å²) in [4.78, 5) is 0. The fraction of sp³-hybridized carbons (Fsp3) is 0. The van der Waals surface area contributed by atoms with E-state index in [1.165, 1.54) is 0 Å². The summed E-state index contributed by atoms with van der Waals surface area (Å²) in [7, 11) is 0. The van der Waals surface area contributed by atoms with Crippen LogP contribution >= 0.6 is 0 Å². The Morgan fingerprint density at radius 2 is 0.677 bits per heavy atom. The molecule has 0 spiro atoms. The Kier molecular flexibility index (Phi) is 11.2. The summed E-state index contributed by atoms with van der Waals surface area (Å²) in [5.74, 6) is 0. The Morgan fingerprint density at radius 3 is 1.00 bits per heavy atom. The van der Waals surface area contributed by atoms with E-state index in [9.17, 15) is 0 Å². The molecule has 0 heterocycles. The normalized spacial score (nSPS) is 10.1. The Labute approximate surface area is 201 Å². The van der Waals surface area contributed by atoms with E-state index in [1.807, 2.05) is 121 Å². The average molecular weight is 486 g/mol. The fourth-order valence-electron chi connectivity index (χ4n) is 2.30. The van der Waals surface area contributed by atoms with Gasteiger partial charge in [-0.05, 0) is 48.5 Å². The van der Waals surface area contributed by atoms with E-state index < -0.39 is 0 Å². The average Bonchev–Trinajstić information content (AvgIpc) is 2.82. The molecule has 31 heavy (non-hydrogen) atoms. The van der Waals surface area contributed by atoms with Gasteiger partial charge in [0.05, 0.1) is 22.7 Å². The van der Waals surface area contributed by atoms with Crippen molar-refractivity contribution in [1.29, 1.82) is 0 Å². The van der Waals surface area contributed by atoms with Gasteiger partial charge in [-0.15, -0.1) is 10.2 Å². The Balaban J connectivity index is 0.000000213. The zero-order valence-electron chi connectivity index (χ0n) is 16.8. The molecule has 7 heteroatoms. The van der Waals surface area contributed by atoms with Gasteiger partial charge in [-0.25, -0.2) is 0 Å². The smallest absolute Gasteiger partial charge is 0.0874 e. The van der Waals surface area contributed by atoms with E-state index in [0.717, 1.165) is 22.7 Å². The summed E-state index contributed by atoms with van der Waals surface area (Å²) in [5, 5.41) is 15.8. The number of para-hydroxylation sites is 2. The van der Waals surface area contributed by atoms with Gasteiger partial charge < -0.3 is 0 Å². The minimum atomic E-state index is 0. The minimum Gasteiger partial charge on any atom is -0.260 e. The van der Waals surface area contributed by atoms with Crippen LogP contribution in [-0.2, 0) is 26.2 Å². The molecule has 0 saturated carbocycles. The quantitative estimate of drug-likeness (QED) is 0.218. The fourth-order valence-corrected chi connectivity index (χ4v) is 2.30. The zero-order valence-corrected chi connectivity index (χ0v) is 19.3. The largest absolute Gasteiger partial charge is 0.260 e. The first kappa shape index (κ1) is 23.8. The van der Waals surface area contributed by atoms with Gasteiger partial charge in [-0.3, -0.25) is 10.9 Å². The number of benzene rings is 4. The van der Waals surface area contributed by atoms with Crippen molar-refractivity contribution in [3.8, 4) is 0 Å². The first-order valence-corrected chi connectivity index (χ1v) is 9.44. The van der Waals surface area contributed by atoms with E-state index in [2.05, 4.69) is 31.5 Å². The summed E-state index contributed by atoms with van der Waals surface area (Å²) in [5.41, 5.74) is 9.23. The third kappa shape index (κ3) is 9.74. The second kappa shape index (κ2) is 14.5. The maximum absolute atomic E-state index is 4.02. The molecule has 0 bridgehead atoms. The molecule has 0 aliphatic rings. The first-order valence-electron chi connectivity index (χ1n) is 9.44. The summed E-state index contributed by atoms with van der Waals surface area (Å²) in [6, 6.07) is 38.6. The van der Waals surface area contributed by atoms with Crippen molar-refractivity contribution in [1.82, 2.24) is 0 Å². The van der Waals surface area contributed by atoms with E-state index in [-0.39, 0.29) is 26.2 Å². The molecule has 0 saturated heterocycles. The maximum atomic E-state index is 4.02. The minimum absolute atomic E-state index is 0. The molecule has 6 nitrogen and oxygen atoms in total. The van der Waals surface area contributed by atoms with E-state index in [1.54, 1.807) is 0 Å². The van der Waals surface area contributed by atoms with Crippen LogP contribution in [0.1, 0.15) is 0 Å². The topological polar surface area (TPSA) is 73.5 Å². The van der Waals surface area contributed by atoms with Gasteiger partial charge in [-0.1, -0.05) is 83.2 Å². The molecule has 0 aliphatic carbocycles. The third-order valence-corrected chi connectivity index (χ3v) is 3.75. The van der Waals surface area contributed by atoms with Crippen molar-refractivity contribution < 1.29 is 26.2 Å². The Bertz CT molecular complexity index is 940. The second-order valence-electron chi connectivity index (χ2n) is 6.03. The van der Waals surface area contributed by atoms with Gasteiger partial charge >= 0.3 is 0 Å². The number of nitrogens with one attached hydrogen (secondary N) is 2. The van der Waals surface area contributed by atoms with Crippen molar-refractivity contribution >= 4 is 22.7 Å². The predicted molar refractivity (Wildman–Crippen MR) is 122 cm³/mol. The van der Waals surface area contributed by atoms with Gasteiger partial charge in [0.25, 0.3) is 0 Å². The van der Waals surface area contributed by atoms with Crippen LogP contribution in [0.2, 0.25) is 0 Å². The number of anilines is 2. The van der Waals surface area contributed by atoms with Gasteiger partial charge in [-0.2, -0.15) is 0 Å². The number of nitrogens with zero attached hydrogens (tertiary/aromatic N) is 4. The van der Waals surface area contributed by atoms with Crippen LogP contribution in [0.5, 0.6) is 0 Å². The monoisotopic (exact) mass is 484 g/mol. The van der Waals surface area contributed by atoms with Gasteiger partial charge in [0.1, 0.15) is 0 Å². The number of hydrogen-bond donors (Lipinski definition) is 2. The molecule has 4 aromatic rings. The summed E-state index contributed by atoms with van der Waals surface area (Å²) in [6.07, 6.45) is 0. The van der Waals surface area contributed by atoms with Crippen molar-refractivity contribution in [2.45, 2.75) is 0 Å². The van der Waals surface area contributed by atoms with Gasteiger partial charge in [0, 0.05) is 26.2 Å².